The Morgan fingerprint density at radius 2 is 1.26 bits per heavy atom. The van der Waals surface area contributed by atoms with Gasteiger partial charge in [0.15, 0.2) is 5.82 Å². The number of hydrogen-bond donors (Lipinski definition) is 2. The molecule has 2 atom stereocenters. The van der Waals surface area contributed by atoms with Crippen LogP contribution < -0.4 is 20.1 Å². The van der Waals surface area contributed by atoms with Gasteiger partial charge in [0.05, 0.1) is 49.6 Å². The predicted molar refractivity (Wildman–Crippen MR) is 240 cm³/mol. The molecule has 0 aliphatic heterocycles. The van der Waals surface area contributed by atoms with Gasteiger partial charge in [-0.05, 0) is 93.4 Å². The molecule has 13 nitrogen and oxygen atoms in total. The third-order valence-corrected chi connectivity index (χ3v) is 11.8. The molecule has 0 fully saturated rings. The molecule has 0 saturated heterocycles. The number of hydrogen-bond acceptors (Lipinski definition) is 13. The minimum absolute atomic E-state index is 0. The number of methoxy groups -OCH3 is 2. The molecule has 6 aromatic rings. The van der Waals surface area contributed by atoms with Crippen LogP contribution >= 0.6 is 0 Å². The van der Waals surface area contributed by atoms with Crippen LogP contribution in [0, 0.1) is 17.5 Å². The third kappa shape index (κ3) is 13.7. The zero-order valence-corrected chi connectivity index (χ0v) is 36.7. The second-order valence-electron chi connectivity index (χ2n) is 14.5. The van der Waals surface area contributed by atoms with E-state index in [1.165, 1.54) is 56.9 Å². The Morgan fingerprint density at radius 1 is 0.672 bits per heavy atom. The fourth-order valence-electron chi connectivity index (χ4n) is 6.15. The van der Waals surface area contributed by atoms with Gasteiger partial charge in [0.1, 0.15) is 46.9 Å². The molecular weight excluding hydrogens is 828 g/mol. The van der Waals surface area contributed by atoms with Crippen molar-refractivity contribution in [2.45, 2.75) is 51.3 Å². The zero-order chi connectivity index (χ0) is 44.3. The molecule has 2 N–H and O–H groups in total. The normalized spacial score (nSPS) is 13.0. The number of ether oxygens (including phenoxy) is 2. The van der Waals surface area contributed by atoms with Gasteiger partial charge in [-0.3, -0.25) is 0 Å². The SMILES string of the molecule is COc1cc(F)ccc1-c1cc(Nc2cc(CS(C)(=O)=NC(C)C)ccn2)ncc1F.COc1cc(F)ccc1-c1ncnc(Nc2cccc(CS(C)(=O)=NC(C)C)c2)n1.[HH].[HH]. The summed E-state index contributed by atoms with van der Waals surface area (Å²) in [5.74, 6) is 1.22. The molecule has 18 heteroatoms. The molecule has 2 unspecified atom stereocenters. The topological polar surface area (TPSA) is 166 Å². The molecule has 3 aromatic carbocycles. The second kappa shape index (κ2) is 20.4. The first-order chi connectivity index (χ1) is 28.9. The van der Waals surface area contributed by atoms with Gasteiger partial charge in [-0.1, -0.05) is 12.1 Å². The van der Waals surface area contributed by atoms with E-state index in [9.17, 15) is 21.6 Å². The summed E-state index contributed by atoms with van der Waals surface area (Å²) in [4.78, 5) is 21.0. The summed E-state index contributed by atoms with van der Waals surface area (Å²) in [5, 5.41) is 6.16. The molecule has 0 radical (unpaired) electrons. The standard InChI is InChI=1S/C22H24F2N4O2S.C21H24FN5O2S.2H2/c1-14(2)28-31(4,29)13-15-7-8-25-21(9-15)27-22-11-18(19(24)12-26-22)17-6-5-16(23)10-20(17)30-3;1-14(2)27-30(4,28)12-15-6-5-7-17(10-15)25-21-24-13-23-20(26-21)18-9-8-16(22)11-19(18)29-3;;/h5-12,14H,13H2,1-4H3,(H,25,26,27);5-11,13-14H,12H2,1-4H3,(H,23,24,25,26);2*1H. The van der Waals surface area contributed by atoms with Crippen molar-refractivity contribution >= 4 is 42.7 Å². The lowest BCUT2D eigenvalue weighted by atomic mass is 10.0. The van der Waals surface area contributed by atoms with Gasteiger partial charge in [0.2, 0.25) is 5.95 Å². The van der Waals surface area contributed by atoms with E-state index in [1.54, 1.807) is 36.9 Å². The maximum atomic E-state index is 14.5. The molecule has 0 bridgehead atoms. The first-order valence-corrected chi connectivity index (χ1v) is 23.1. The van der Waals surface area contributed by atoms with E-state index in [2.05, 4.69) is 44.3 Å². The van der Waals surface area contributed by atoms with Crippen LogP contribution in [0.25, 0.3) is 22.5 Å². The Kier molecular flexibility index (Phi) is 15.4. The van der Waals surface area contributed by atoms with Crippen molar-refractivity contribution in [2.24, 2.45) is 8.73 Å². The minimum atomic E-state index is -2.37. The van der Waals surface area contributed by atoms with Crippen molar-refractivity contribution in [3.05, 3.63) is 126 Å². The lowest BCUT2D eigenvalue weighted by molar-refractivity contribution is 0.412. The average Bonchev–Trinajstić information content (AvgIpc) is 3.18. The first-order valence-electron chi connectivity index (χ1n) is 18.9. The predicted octanol–water partition coefficient (Wildman–Crippen LogP) is 10.1. The maximum Gasteiger partial charge on any atom is 0.230 e. The minimum Gasteiger partial charge on any atom is -0.496 e. The molecule has 3 heterocycles. The summed E-state index contributed by atoms with van der Waals surface area (Å²) in [7, 11) is -1.84. The van der Waals surface area contributed by atoms with Gasteiger partial charge >= 0.3 is 0 Å². The molecule has 0 saturated carbocycles. The van der Waals surface area contributed by atoms with Crippen LogP contribution in [0.5, 0.6) is 11.5 Å². The zero-order valence-electron chi connectivity index (χ0n) is 35.0. The van der Waals surface area contributed by atoms with Crippen LogP contribution in [0.15, 0.2) is 106 Å². The number of nitrogens with one attached hydrogen (secondary N) is 2. The van der Waals surface area contributed by atoms with E-state index in [1.807, 2.05) is 52.0 Å². The summed E-state index contributed by atoms with van der Waals surface area (Å²) in [6, 6.07) is 20.6. The number of pyridine rings is 2. The molecule has 0 aliphatic carbocycles. The van der Waals surface area contributed by atoms with Crippen molar-refractivity contribution in [2.75, 3.05) is 37.4 Å². The number of rotatable bonds is 14. The number of halogens is 3. The molecule has 3 aromatic heterocycles. The van der Waals surface area contributed by atoms with E-state index < -0.39 is 36.9 Å². The van der Waals surface area contributed by atoms with Crippen molar-refractivity contribution in [3.8, 4) is 34.0 Å². The highest BCUT2D eigenvalue weighted by atomic mass is 32.2. The van der Waals surface area contributed by atoms with E-state index in [4.69, 9.17) is 9.47 Å². The fraction of sp³-hybridized carbons (Fsp3) is 0.279. The highest BCUT2D eigenvalue weighted by Crippen LogP contribution is 2.34. The van der Waals surface area contributed by atoms with Crippen molar-refractivity contribution in [1.82, 2.24) is 24.9 Å². The maximum absolute atomic E-state index is 14.5. The van der Waals surface area contributed by atoms with Gasteiger partial charge in [-0.15, -0.1) is 0 Å². The van der Waals surface area contributed by atoms with Gasteiger partial charge in [0, 0.05) is 70.0 Å². The van der Waals surface area contributed by atoms with Crippen LogP contribution in [-0.2, 0) is 31.0 Å². The van der Waals surface area contributed by atoms with Gasteiger partial charge in [0.25, 0.3) is 0 Å². The van der Waals surface area contributed by atoms with Crippen molar-refractivity contribution < 1.29 is 33.9 Å². The van der Waals surface area contributed by atoms with E-state index >= 15 is 0 Å². The molecule has 6 rings (SSSR count). The van der Waals surface area contributed by atoms with Gasteiger partial charge < -0.3 is 20.1 Å². The molecule has 326 valence electrons. The fourth-order valence-corrected chi connectivity index (χ4v) is 9.68. The first kappa shape index (κ1) is 45.9. The van der Waals surface area contributed by atoms with E-state index in [0.717, 1.165) is 23.0 Å². The van der Waals surface area contributed by atoms with Crippen LogP contribution in [0.2, 0.25) is 0 Å². The quantitative estimate of drug-likeness (QED) is 0.107. The summed E-state index contributed by atoms with van der Waals surface area (Å²) in [6.07, 6.45) is 7.34. The van der Waals surface area contributed by atoms with Crippen molar-refractivity contribution in [1.29, 1.82) is 0 Å². The molecule has 0 amide bonds. The average molecular weight is 880 g/mol. The Labute approximate surface area is 358 Å². The van der Waals surface area contributed by atoms with Gasteiger partial charge in [-0.2, -0.15) is 4.98 Å². The lowest BCUT2D eigenvalue weighted by Crippen LogP contribution is -2.06. The Balaban J connectivity index is 0.000000325. The lowest BCUT2D eigenvalue weighted by Gasteiger charge is -2.12. The van der Waals surface area contributed by atoms with E-state index in [-0.39, 0.29) is 32.0 Å². The molecular formula is C43H52F3N9O4S2. The van der Waals surface area contributed by atoms with Crippen LogP contribution in [-0.4, -0.2) is 72.2 Å². The molecule has 0 aliphatic rings. The summed E-state index contributed by atoms with van der Waals surface area (Å²) >= 11 is 0. The number of aromatic nitrogens is 5. The summed E-state index contributed by atoms with van der Waals surface area (Å²) in [6.45, 7) is 7.60. The number of nitrogens with zero attached hydrogens (tertiary/aromatic N) is 7. The third-order valence-electron chi connectivity index (χ3n) is 8.29. The Morgan fingerprint density at radius 3 is 1.89 bits per heavy atom. The smallest absolute Gasteiger partial charge is 0.230 e. The van der Waals surface area contributed by atoms with Crippen LogP contribution in [0.3, 0.4) is 0 Å². The number of anilines is 4. The number of benzene rings is 3. The monoisotopic (exact) mass is 879 g/mol. The van der Waals surface area contributed by atoms with Crippen LogP contribution in [0.1, 0.15) is 41.7 Å². The Hall–Kier alpha value is -6.14. The second-order valence-corrected chi connectivity index (χ2v) is 19.3. The van der Waals surface area contributed by atoms with Crippen molar-refractivity contribution in [3.63, 3.8) is 0 Å². The largest absolute Gasteiger partial charge is 0.496 e. The molecule has 61 heavy (non-hydrogen) atoms. The molecule has 0 spiro atoms. The highest BCUT2D eigenvalue weighted by molar-refractivity contribution is 7.92. The van der Waals surface area contributed by atoms with Gasteiger partial charge in [-0.25, -0.2) is 50.3 Å². The van der Waals surface area contributed by atoms with Crippen LogP contribution in [0.4, 0.5) is 36.4 Å². The summed E-state index contributed by atoms with van der Waals surface area (Å²) < 4.78 is 85.8. The summed E-state index contributed by atoms with van der Waals surface area (Å²) in [5.41, 5.74) is 3.60. The van der Waals surface area contributed by atoms with E-state index in [0.29, 0.717) is 46.0 Å². The Bertz CT molecular complexity index is 2750. The highest BCUT2D eigenvalue weighted by Gasteiger charge is 2.15.